The molecule has 1 unspecified atom stereocenters. The van der Waals surface area contributed by atoms with Gasteiger partial charge in [0.25, 0.3) is 0 Å². The van der Waals surface area contributed by atoms with Gasteiger partial charge in [0.05, 0.1) is 12.2 Å². The molecular weight excluding hydrogens is 206 g/mol. The summed E-state index contributed by atoms with van der Waals surface area (Å²) in [4.78, 5) is 0. The van der Waals surface area contributed by atoms with Gasteiger partial charge in [-0.3, -0.25) is 0 Å². The van der Waals surface area contributed by atoms with Gasteiger partial charge in [-0.2, -0.15) is 0 Å². The molecule has 16 heavy (non-hydrogen) atoms. The fourth-order valence-electron chi connectivity index (χ4n) is 2.58. The number of aliphatic hydroxyl groups is 3. The minimum Gasteiger partial charge on any atom is -0.396 e. The standard InChI is InChI=1S/C12H25NO3/c1-3-4-5-8(2)11-9(7-14)12(16)10(15)6-13-11/h8-16H,3-7H2,1-2H3/t8?,9-,10+,11+,12-/m0/s1. The third-order valence-corrected chi connectivity index (χ3v) is 3.69. The molecule has 0 radical (unpaired) electrons. The Labute approximate surface area is 97.7 Å². The fourth-order valence-corrected chi connectivity index (χ4v) is 2.58. The van der Waals surface area contributed by atoms with Crippen molar-refractivity contribution in [3.05, 3.63) is 0 Å². The Morgan fingerprint density at radius 1 is 1.38 bits per heavy atom. The predicted octanol–water partition coefficient (Wildman–Crippen LogP) is 0.115. The van der Waals surface area contributed by atoms with Gasteiger partial charge >= 0.3 is 0 Å². The summed E-state index contributed by atoms with van der Waals surface area (Å²) in [7, 11) is 0. The van der Waals surface area contributed by atoms with Crippen molar-refractivity contribution < 1.29 is 15.3 Å². The first-order chi connectivity index (χ1) is 7.61. The van der Waals surface area contributed by atoms with Gasteiger partial charge < -0.3 is 20.6 Å². The molecule has 1 aliphatic rings. The summed E-state index contributed by atoms with van der Waals surface area (Å²) in [6.45, 7) is 4.63. The largest absolute Gasteiger partial charge is 0.396 e. The third kappa shape index (κ3) is 3.17. The van der Waals surface area contributed by atoms with E-state index in [9.17, 15) is 15.3 Å². The monoisotopic (exact) mass is 231 g/mol. The van der Waals surface area contributed by atoms with Crippen LogP contribution in [-0.2, 0) is 0 Å². The number of aliphatic hydroxyl groups excluding tert-OH is 3. The molecule has 5 atom stereocenters. The van der Waals surface area contributed by atoms with E-state index in [1.165, 1.54) is 0 Å². The van der Waals surface area contributed by atoms with E-state index in [4.69, 9.17) is 0 Å². The molecule has 1 heterocycles. The molecule has 0 aromatic carbocycles. The Balaban J connectivity index is 2.56. The SMILES string of the molecule is CCCCC(C)[C@H]1NC[C@@H](O)[C@@H](O)[C@H]1CO. The highest BCUT2D eigenvalue weighted by Gasteiger charge is 2.39. The predicted molar refractivity (Wildman–Crippen MR) is 63.1 cm³/mol. The maximum atomic E-state index is 9.83. The van der Waals surface area contributed by atoms with Crippen LogP contribution in [0.25, 0.3) is 0 Å². The Morgan fingerprint density at radius 2 is 2.06 bits per heavy atom. The summed E-state index contributed by atoms with van der Waals surface area (Å²) in [5, 5.41) is 31.9. The van der Waals surface area contributed by atoms with E-state index in [0.717, 1.165) is 19.3 Å². The van der Waals surface area contributed by atoms with Crippen LogP contribution in [0.3, 0.4) is 0 Å². The molecule has 0 bridgehead atoms. The Bertz CT molecular complexity index is 201. The number of unbranched alkanes of at least 4 members (excludes halogenated alkanes) is 1. The number of piperidine rings is 1. The van der Waals surface area contributed by atoms with Gasteiger partial charge in [-0.1, -0.05) is 26.7 Å². The lowest BCUT2D eigenvalue weighted by Gasteiger charge is -2.41. The van der Waals surface area contributed by atoms with Gasteiger partial charge in [-0.05, 0) is 12.3 Å². The van der Waals surface area contributed by atoms with Crippen LogP contribution in [0.4, 0.5) is 0 Å². The van der Waals surface area contributed by atoms with E-state index in [1.54, 1.807) is 0 Å². The summed E-state index contributed by atoms with van der Waals surface area (Å²) in [5.41, 5.74) is 0. The van der Waals surface area contributed by atoms with Crippen LogP contribution in [0.1, 0.15) is 33.1 Å². The number of rotatable bonds is 5. The lowest BCUT2D eigenvalue weighted by atomic mass is 9.79. The van der Waals surface area contributed by atoms with E-state index in [1.807, 2.05) is 0 Å². The zero-order valence-corrected chi connectivity index (χ0v) is 10.3. The smallest absolute Gasteiger partial charge is 0.0927 e. The van der Waals surface area contributed by atoms with Crippen molar-refractivity contribution in [2.24, 2.45) is 11.8 Å². The van der Waals surface area contributed by atoms with Crippen LogP contribution in [0.15, 0.2) is 0 Å². The fraction of sp³-hybridized carbons (Fsp3) is 1.00. The van der Waals surface area contributed by atoms with Gasteiger partial charge in [0.2, 0.25) is 0 Å². The zero-order valence-electron chi connectivity index (χ0n) is 10.3. The van der Waals surface area contributed by atoms with Crippen LogP contribution < -0.4 is 5.32 Å². The molecule has 4 N–H and O–H groups in total. The number of nitrogens with one attached hydrogen (secondary N) is 1. The summed E-state index contributed by atoms with van der Waals surface area (Å²) in [6, 6.07) is 0.106. The van der Waals surface area contributed by atoms with Crippen molar-refractivity contribution in [3.63, 3.8) is 0 Å². The molecule has 0 spiro atoms. The van der Waals surface area contributed by atoms with Crippen molar-refractivity contribution >= 4 is 0 Å². The molecule has 4 nitrogen and oxygen atoms in total. The van der Waals surface area contributed by atoms with Gasteiger partial charge in [0, 0.05) is 25.1 Å². The molecule has 1 saturated heterocycles. The van der Waals surface area contributed by atoms with E-state index in [2.05, 4.69) is 19.2 Å². The van der Waals surface area contributed by atoms with Crippen molar-refractivity contribution in [1.29, 1.82) is 0 Å². The summed E-state index contributed by atoms with van der Waals surface area (Å²) >= 11 is 0. The molecule has 0 saturated carbocycles. The minimum absolute atomic E-state index is 0.0770. The van der Waals surface area contributed by atoms with E-state index in [0.29, 0.717) is 12.5 Å². The average Bonchev–Trinajstić information content (AvgIpc) is 2.29. The second-order valence-corrected chi connectivity index (χ2v) is 4.96. The molecule has 96 valence electrons. The summed E-state index contributed by atoms with van der Waals surface area (Å²) in [5.74, 6) is 0.162. The molecule has 0 aromatic heterocycles. The number of hydrogen-bond donors (Lipinski definition) is 4. The first kappa shape index (κ1) is 13.9. The van der Waals surface area contributed by atoms with Crippen LogP contribution in [0.5, 0.6) is 0 Å². The van der Waals surface area contributed by atoms with Gasteiger partial charge in [0.1, 0.15) is 0 Å². The van der Waals surface area contributed by atoms with E-state index >= 15 is 0 Å². The van der Waals surface area contributed by atoms with Crippen LogP contribution in [0, 0.1) is 11.8 Å². The molecular formula is C12H25NO3. The Morgan fingerprint density at radius 3 is 2.62 bits per heavy atom. The Hall–Kier alpha value is -0.160. The molecule has 0 aliphatic carbocycles. The zero-order chi connectivity index (χ0) is 12.1. The van der Waals surface area contributed by atoms with Gasteiger partial charge in [-0.15, -0.1) is 0 Å². The topological polar surface area (TPSA) is 72.7 Å². The van der Waals surface area contributed by atoms with Crippen molar-refractivity contribution in [2.75, 3.05) is 13.2 Å². The molecule has 0 amide bonds. The highest BCUT2D eigenvalue weighted by atomic mass is 16.3. The van der Waals surface area contributed by atoms with Gasteiger partial charge in [0.15, 0.2) is 0 Å². The molecule has 1 rings (SSSR count). The second-order valence-electron chi connectivity index (χ2n) is 4.96. The van der Waals surface area contributed by atoms with Crippen LogP contribution >= 0.6 is 0 Å². The first-order valence-electron chi connectivity index (χ1n) is 6.32. The maximum Gasteiger partial charge on any atom is 0.0927 e. The van der Waals surface area contributed by atoms with Crippen LogP contribution in [0.2, 0.25) is 0 Å². The number of β-amino-alcohol motifs (C(OH)–C–C–N with tert-alkyl or cyclic N) is 1. The normalized spacial score (nSPS) is 37.3. The third-order valence-electron chi connectivity index (χ3n) is 3.69. The van der Waals surface area contributed by atoms with E-state index < -0.39 is 12.2 Å². The van der Waals surface area contributed by atoms with Gasteiger partial charge in [-0.25, -0.2) is 0 Å². The lowest BCUT2D eigenvalue weighted by Crippen LogP contribution is -2.59. The molecule has 4 heteroatoms. The molecule has 1 aliphatic heterocycles. The van der Waals surface area contributed by atoms with Crippen molar-refractivity contribution in [2.45, 2.75) is 51.4 Å². The van der Waals surface area contributed by atoms with Crippen molar-refractivity contribution in [1.82, 2.24) is 5.32 Å². The highest BCUT2D eigenvalue weighted by molar-refractivity contribution is 4.93. The molecule has 1 fully saturated rings. The summed E-state index contributed by atoms with van der Waals surface area (Å²) < 4.78 is 0. The lowest BCUT2D eigenvalue weighted by molar-refractivity contribution is -0.0750. The van der Waals surface area contributed by atoms with E-state index in [-0.39, 0.29) is 18.6 Å². The second kappa shape index (κ2) is 6.55. The summed E-state index contributed by atoms with van der Waals surface area (Å²) in [6.07, 6.45) is 1.85. The average molecular weight is 231 g/mol. The van der Waals surface area contributed by atoms with Crippen LogP contribution in [-0.4, -0.2) is 46.7 Å². The minimum atomic E-state index is -0.805. The maximum absolute atomic E-state index is 9.83. The Kier molecular flexibility index (Phi) is 5.69. The number of hydrogen-bond acceptors (Lipinski definition) is 4. The first-order valence-corrected chi connectivity index (χ1v) is 6.32. The van der Waals surface area contributed by atoms with Crippen molar-refractivity contribution in [3.8, 4) is 0 Å². The highest BCUT2D eigenvalue weighted by Crippen LogP contribution is 2.25. The molecule has 0 aromatic rings. The quantitative estimate of drug-likeness (QED) is 0.542.